The van der Waals surface area contributed by atoms with Gasteiger partial charge in [0, 0.05) is 11.6 Å². The summed E-state index contributed by atoms with van der Waals surface area (Å²) in [6.45, 7) is 3.91. The molecule has 2 rings (SSSR count). The molecule has 2 aromatic carbocycles. The fraction of sp³-hybridized carbons (Fsp3) is 0.333. The van der Waals surface area contributed by atoms with Crippen molar-refractivity contribution in [2.45, 2.75) is 26.3 Å². The number of amides is 2. The number of benzene rings is 2. The van der Waals surface area contributed by atoms with Crippen LogP contribution in [-0.2, 0) is 0 Å². The van der Waals surface area contributed by atoms with Crippen LogP contribution >= 0.6 is 0 Å². The fourth-order valence-corrected chi connectivity index (χ4v) is 2.60. The van der Waals surface area contributed by atoms with E-state index in [1.54, 1.807) is 36.4 Å². The van der Waals surface area contributed by atoms with Crippen molar-refractivity contribution in [3.63, 3.8) is 0 Å². The summed E-state index contributed by atoms with van der Waals surface area (Å²) in [5.74, 6) is 0.498. The Morgan fingerprint density at radius 3 is 2.11 bits per heavy atom. The second-order valence-corrected chi connectivity index (χ2v) is 6.20. The Hall–Kier alpha value is -3.22. The van der Waals surface area contributed by atoms with Gasteiger partial charge in [-0.15, -0.1) is 0 Å². The zero-order valence-corrected chi connectivity index (χ0v) is 16.8. The molecule has 2 N–H and O–H groups in total. The first-order valence-corrected chi connectivity index (χ1v) is 8.96. The van der Waals surface area contributed by atoms with Gasteiger partial charge in [0.15, 0.2) is 11.5 Å². The molecule has 1 atom stereocenters. The monoisotopic (exact) mass is 386 g/mol. The number of para-hydroxylation sites is 1. The van der Waals surface area contributed by atoms with E-state index in [0.717, 1.165) is 6.42 Å². The topological polar surface area (TPSA) is 85.9 Å². The number of hydrogen-bond acceptors (Lipinski definition) is 5. The van der Waals surface area contributed by atoms with Gasteiger partial charge in [0.1, 0.15) is 0 Å². The summed E-state index contributed by atoms with van der Waals surface area (Å²) in [5, 5.41) is 5.69. The molecule has 0 fully saturated rings. The Bertz CT molecular complexity index is 825. The summed E-state index contributed by atoms with van der Waals surface area (Å²) in [7, 11) is 4.45. The van der Waals surface area contributed by atoms with Crippen LogP contribution in [-0.4, -0.2) is 39.2 Å². The number of anilines is 1. The number of rotatable bonds is 8. The summed E-state index contributed by atoms with van der Waals surface area (Å²) < 4.78 is 15.9. The zero-order chi connectivity index (χ0) is 20.7. The van der Waals surface area contributed by atoms with Crippen LogP contribution in [0.1, 0.15) is 41.0 Å². The molecular formula is C21H26N2O5. The van der Waals surface area contributed by atoms with Gasteiger partial charge in [0.25, 0.3) is 11.8 Å². The van der Waals surface area contributed by atoms with Crippen LogP contribution in [0.5, 0.6) is 17.2 Å². The Morgan fingerprint density at radius 1 is 0.964 bits per heavy atom. The van der Waals surface area contributed by atoms with Crippen LogP contribution in [0, 0.1) is 0 Å². The Labute approximate surface area is 165 Å². The standard InChI is InChI=1S/C21H26N2O5/c1-6-13(2)22-21(25)15-9-7-8-10-16(15)23-20(24)14-11-17(26-3)19(28-5)18(12-14)27-4/h7-13H,6H2,1-5H3,(H,22,25)(H,23,24)/t13-/m1/s1. The molecule has 7 heteroatoms. The van der Waals surface area contributed by atoms with Gasteiger partial charge in [-0.1, -0.05) is 19.1 Å². The molecule has 0 saturated heterocycles. The van der Waals surface area contributed by atoms with Crippen LogP contribution in [0.15, 0.2) is 36.4 Å². The average Bonchev–Trinajstić information content (AvgIpc) is 2.72. The zero-order valence-electron chi connectivity index (χ0n) is 16.8. The molecule has 0 radical (unpaired) electrons. The SMILES string of the molecule is CC[C@@H](C)NC(=O)c1ccccc1NC(=O)c1cc(OC)c(OC)c(OC)c1. The van der Waals surface area contributed by atoms with E-state index in [1.165, 1.54) is 21.3 Å². The van der Waals surface area contributed by atoms with E-state index in [-0.39, 0.29) is 11.9 Å². The Kier molecular flexibility index (Phi) is 7.26. The lowest BCUT2D eigenvalue weighted by Crippen LogP contribution is -2.32. The molecular weight excluding hydrogens is 360 g/mol. The minimum Gasteiger partial charge on any atom is -0.493 e. The van der Waals surface area contributed by atoms with Crippen molar-refractivity contribution in [1.82, 2.24) is 5.32 Å². The lowest BCUT2D eigenvalue weighted by Gasteiger charge is -2.16. The number of ether oxygens (including phenoxy) is 3. The normalized spacial score (nSPS) is 11.3. The molecule has 0 aliphatic carbocycles. The van der Waals surface area contributed by atoms with Crippen LogP contribution in [0.2, 0.25) is 0 Å². The summed E-state index contributed by atoms with van der Waals surface area (Å²) in [6.07, 6.45) is 0.811. The summed E-state index contributed by atoms with van der Waals surface area (Å²) in [6, 6.07) is 10.00. The third-order valence-corrected chi connectivity index (χ3v) is 4.34. The lowest BCUT2D eigenvalue weighted by molar-refractivity contribution is 0.0940. The predicted octanol–water partition coefficient (Wildman–Crippen LogP) is 3.49. The quantitative estimate of drug-likeness (QED) is 0.725. The molecule has 0 aliphatic rings. The molecule has 0 aromatic heterocycles. The highest BCUT2D eigenvalue weighted by atomic mass is 16.5. The molecule has 2 aromatic rings. The molecule has 0 saturated carbocycles. The molecule has 2 amide bonds. The summed E-state index contributed by atoms with van der Waals surface area (Å²) in [4.78, 5) is 25.3. The van der Waals surface area contributed by atoms with E-state index < -0.39 is 5.91 Å². The highest BCUT2D eigenvalue weighted by Crippen LogP contribution is 2.38. The largest absolute Gasteiger partial charge is 0.493 e. The summed E-state index contributed by atoms with van der Waals surface area (Å²) in [5.41, 5.74) is 1.12. The second-order valence-electron chi connectivity index (χ2n) is 6.20. The number of nitrogens with one attached hydrogen (secondary N) is 2. The van der Waals surface area contributed by atoms with Gasteiger partial charge < -0.3 is 24.8 Å². The van der Waals surface area contributed by atoms with Crippen molar-refractivity contribution in [2.75, 3.05) is 26.6 Å². The van der Waals surface area contributed by atoms with E-state index in [4.69, 9.17) is 14.2 Å². The third kappa shape index (κ3) is 4.73. The first-order chi connectivity index (χ1) is 13.4. The molecule has 0 unspecified atom stereocenters. The molecule has 0 aliphatic heterocycles. The van der Waals surface area contributed by atoms with Gasteiger partial charge in [0.2, 0.25) is 5.75 Å². The van der Waals surface area contributed by atoms with Gasteiger partial charge in [-0.2, -0.15) is 0 Å². The Morgan fingerprint density at radius 2 is 1.57 bits per heavy atom. The third-order valence-electron chi connectivity index (χ3n) is 4.34. The number of methoxy groups -OCH3 is 3. The first-order valence-electron chi connectivity index (χ1n) is 8.96. The van der Waals surface area contributed by atoms with Gasteiger partial charge in [0.05, 0.1) is 32.6 Å². The van der Waals surface area contributed by atoms with E-state index in [2.05, 4.69) is 10.6 Å². The van der Waals surface area contributed by atoms with Crippen LogP contribution in [0.4, 0.5) is 5.69 Å². The van der Waals surface area contributed by atoms with Crippen molar-refractivity contribution in [3.05, 3.63) is 47.5 Å². The Balaban J connectivity index is 2.32. The average molecular weight is 386 g/mol. The molecule has 0 bridgehead atoms. The number of hydrogen-bond donors (Lipinski definition) is 2. The minimum absolute atomic E-state index is 0.0337. The van der Waals surface area contributed by atoms with Crippen molar-refractivity contribution in [1.29, 1.82) is 0 Å². The van der Waals surface area contributed by atoms with E-state index in [0.29, 0.717) is 34.1 Å². The maximum atomic E-state index is 12.8. The van der Waals surface area contributed by atoms with Crippen molar-refractivity contribution >= 4 is 17.5 Å². The van der Waals surface area contributed by atoms with Crippen molar-refractivity contribution < 1.29 is 23.8 Å². The highest BCUT2D eigenvalue weighted by Gasteiger charge is 2.19. The van der Waals surface area contributed by atoms with Crippen LogP contribution in [0.3, 0.4) is 0 Å². The van der Waals surface area contributed by atoms with Crippen molar-refractivity contribution in [2.24, 2.45) is 0 Å². The molecule has 7 nitrogen and oxygen atoms in total. The van der Waals surface area contributed by atoms with Crippen molar-refractivity contribution in [3.8, 4) is 17.2 Å². The first kappa shape index (κ1) is 21.1. The van der Waals surface area contributed by atoms with E-state index >= 15 is 0 Å². The molecule has 150 valence electrons. The highest BCUT2D eigenvalue weighted by molar-refractivity contribution is 6.09. The van der Waals surface area contributed by atoms with Crippen LogP contribution < -0.4 is 24.8 Å². The molecule has 0 spiro atoms. The second kappa shape index (κ2) is 9.64. The maximum absolute atomic E-state index is 12.8. The number of carbonyl (C=O) groups is 2. The number of carbonyl (C=O) groups excluding carboxylic acids is 2. The molecule has 28 heavy (non-hydrogen) atoms. The predicted molar refractivity (Wildman–Crippen MR) is 108 cm³/mol. The molecule has 0 heterocycles. The summed E-state index contributed by atoms with van der Waals surface area (Å²) >= 11 is 0. The van der Waals surface area contributed by atoms with Gasteiger partial charge in [-0.25, -0.2) is 0 Å². The minimum atomic E-state index is -0.400. The van der Waals surface area contributed by atoms with Gasteiger partial charge in [-0.05, 0) is 37.6 Å². The maximum Gasteiger partial charge on any atom is 0.255 e. The van der Waals surface area contributed by atoms with E-state index in [1.807, 2.05) is 13.8 Å². The van der Waals surface area contributed by atoms with Gasteiger partial charge >= 0.3 is 0 Å². The fourth-order valence-electron chi connectivity index (χ4n) is 2.60. The lowest BCUT2D eigenvalue weighted by atomic mass is 10.1. The van der Waals surface area contributed by atoms with Gasteiger partial charge in [-0.3, -0.25) is 9.59 Å². The van der Waals surface area contributed by atoms with E-state index in [9.17, 15) is 9.59 Å². The smallest absolute Gasteiger partial charge is 0.255 e. The van der Waals surface area contributed by atoms with Crippen LogP contribution in [0.25, 0.3) is 0 Å².